The molecule has 1 N–H and O–H groups in total. The van der Waals surface area contributed by atoms with E-state index in [1.165, 1.54) is 5.56 Å². The fourth-order valence-corrected chi connectivity index (χ4v) is 2.32. The summed E-state index contributed by atoms with van der Waals surface area (Å²) in [5.74, 6) is 1.87. The topological polar surface area (TPSA) is 30.5 Å². The molecule has 1 atom stereocenters. The van der Waals surface area contributed by atoms with Gasteiger partial charge >= 0.3 is 0 Å². The van der Waals surface area contributed by atoms with E-state index in [1.807, 2.05) is 55.6 Å². The number of ether oxygens (including phenoxy) is 2. The highest BCUT2D eigenvalue weighted by molar-refractivity contribution is 5.33. The molecular formula is C18H23NO2. The molecule has 3 heteroatoms. The van der Waals surface area contributed by atoms with Gasteiger partial charge in [-0.3, -0.25) is 0 Å². The molecule has 0 radical (unpaired) electrons. The molecule has 0 aliphatic heterocycles. The van der Waals surface area contributed by atoms with Crippen LogP contribution in [0.2, 0.25) is 0 Å². The lowest BCUT2D eigenvalue weighted by molar-refractivity contribution is 0.287. The highest BCUT2D eigenvalue weighted by atomic mass is 16.5. The number of para-hydroxylation sites is 2. The van der Waals surface area contributed by atoms with Crippen LogP contribution in [0, 0.1) is 0 Å². The lowest BCUT2D eigenvalue weighted by atomic mass is 10.0. The Labute approximate surface area is 126 Å². The van der Waals surface area contributed by atoms with Crippen LogP contribution in [0.5, 0.6) is 11.5 Å². The molecule has 0 bridgehead atoms. The number of methoxy groups -OCH3 is 1. The first-order valence-corrected chi connectivity index (χ1v) is 7.30. The van der Waals surface area contributed by atoms with E-state index in [1.54, 1.807) is 7.11 Å². The van der Waals surface area contributed by atoms with E-state index >= 15 is 0 Å². The third kappa shape index (κ3) is 4.80. The fourth-order valence-electron chi connectivity index (χ4n) is 2.32. The maximum atomic E-state index is 5.76. The van der Waals surface area contributed by atoms with Crippen LogP contribution < -0.4 is 14.8 Å². The summed E-state index contributed by atoms with van der Waals surface area (Å²) in [6.45, 7) is 0.699. The average Bonchev–Trinajstić information content (AvgIpc) is 2.55. The Morgan fingerprint density at radius 1 is 1.00 bits per heavy atom. The van der Waals surface area contributed by atoms with Crippen molar-refractivity contribution in [2.45, 2.75) is 18.9 Å². The lowest BCUT2D eigenvalue weighted by Crippen LogP contribution is -2.29. The summed E-state index contributed by atoms with van der Waals surface area (Å²) in [5, 5.41) is 3.35. The van der Waals surface area contributed by atoms with Crippen molar-refractivity contribution in [3.8, 4) is 11.5 Å². The van der Waals surface area contributed by atoms with Crippen LogP contribution in [0.3, 0.4) is 0 Å². The predicted molar refractivity (Wildman–Crippen MR) is 86.1 cm³/mol. The van der Waals surface area contributed by atoms with E-state index in [-0.39, 0.29) is 0 Å². The molecule has 0 aliphatic rings. The molecule has 2 rings (SSSR count). The van der Waals surface area contributed by atoms with Gasteiger partial charge in [-0.05, 0) is 43.7 Å². The average molecular weight is 285 g/mol. The van der Waals surface area contributed by atoms with Gasteiger partial charge in [0.2, 0.25) is 0 Å². The predicted octanol–water partition coefficient (Wildman–Crippen LogP) is 3.29. The maximum Gasteiger partial charge on any atom is 0.122 e. The molecular weight excluding hydrogens is 262 g/mol. The van der Waals surface area contributed by atoms with E-state index in [9.17, 15) is 0 Å². The first kappa shape index (κ1) is 15.4. The number of likely N-dealkylation sites (N-methyl/N-ethyl adjacent to an activating group) is 1. The minimum Gasteiger partial charge on any atom is -0.496 e. The molecule has 0 saturated heterocycles. The van der Waals surface area contributed by atoms with Gasteiger partial charge in [0.25, 0.3) is 0 Å². The van der Waals surface area contributed by atoms with Gasteiger partial charge in [-0.15, -0.1) is 0 Å². The summed E-state index contributed by atoms with van der Waals surface area (Å²) in [5.41, 5.74) is 1.22. The standard InChI is InChI=1S/C18H23NO2/c1-19-16(12-13-21-17-9-4-3-5-10-17)14-15-8-6-7-11-18(15)20-2/h3-11,16,19H,12-14H2,1-2H3. The quantitative estimate of drug-likeness (QED) is 0.807. The van der Waals surface area contributed by atoms with Crippen LogP contribution in [-0.2, 0) is 6.42 Å². The number of nitrogens with one attached hydrogen (secondary N) is 1. The Morgan fingerprint density at radius 2 is 1.71 bits per heavy atom. The smallest absolute Gasteiger partial charge is 0.122 e. The van der Waals surface area contributed by atoms with Crippen LogP contribution in [0.1, 0.15) is 12.0 Å². The summed E-state index contributed by atoms with van der Waals surface area (Å²) in [6, 6.07) is 18.4. The summed E-state index contributed by atoms with van der Waals surface area (Å²) in [7, 11) is 3.70. The molecule has 0 spiro atoms. The SMILES string of the molecule is CNC(CCOc1ccccc1)Cc1ccccc1OC. The summed E-state index contributed by atoms with van der Waals surface area (Å²) >= 11 is 0. The number of hydrogen-bond donors (Lipinski definition) is 1. The van der Waals surface area contributed by atoms with E-state index in [4.69, 9.17) is 9.47 Å². The highest BCUT2D eigenvalue weighted by Gasteiger charge is 2.10. The zero-order valence-electron chi connectivity index (χ0n) is 12.7. The minimum absolute atomic E-state index is 0.366. The molecule has 0 heterocycles. The van der Waals surface area contributed by atoms with Gasteiger partial charge in [0, 0.05) is 6.04 Å². The van der Waals surface area contributed by atoms with Crippen molar-refractivity contribution in [3.05, 3.63) is 60.2 Å². The van der Waals surface area contributed by atoms with Gasteiger partial charge in [0.1, 0.15) is 11.5 Å². The second-order valence-corrected chi connectivity index (χ2v) is 4.95. The van der Waals surface area contributed by atoms with E-state index < -0.39 is 0 Å². The Bertz CT molecular complexity index is 528. The third-order valence-corrected chi connectivity index (χ3v) is 3.55. The van der Waals surface area contributed by atoms with E-state index in [2.05, 4.69) is 11.4 Å². The third-order valence-electron chi connectivity index (χ3n) is 3.55. The zero-order chi connectivity index (χ0) is 14.9. The second kappa shape index (κ2) is 8.32. The fraction of sp³-hybridized carbons (Fsp3) is 0.333. The monoisotopic (exact) mass is 285 g/mol. The molecule has 112 valence electrons. The number of hydrogen-bond acceptors (Lipinski definition) is 3. The van der Waals surface area contributed by atoms with Crippen molar-refractivity contribution in [1.29, 1.82) is 0 Å². The van der Waals surface area contributed by atoms with Crippen molar-refractivity contribution in [1.82, 2.24) is 5.32 Å². The molecule has 0 amide bonds. The van der Waals surface area contributed by atoms with E-state index in [0.717, 1.165) is 24.3 Å². The number of rotatable bonds is 8. The Hall–Kier alpha value is -2.00. The van der Waals surface area contributed by atoms with Crippen LogP contribution in [0.15, 0.2) is 54.6 Å². The minimum atomic E-state index is 0.366. The summed E-state index contributed by atoms with van der Waals surface area (Å²) in [6.07, 6.45) is 1.88. The van der Waals surface area contributed by atoms with Gasteiger partial charge < -0.3 is 14.8 Å². The Morgan fingerprint density at radius 3 is 2.43 bits per heavy atom. The zero-order valence-corrected chi connectivity index (χ0v) is 12.7. The molecule has 0 saturated carbocycles. The van der Waals surface area contributed by atoms with Gasteiger partial charge in [0.05, 0.1) is 13.7 Å². The Balaban J connectivity index is 1.85. The molecule has 2 aromatic carbocycles. The number of benzene rings is 2. The normalized spacial score (nSPS) is 11.9. The molecule has 0 fully saturated rings. The highest BCUT2D eigenvalue weighted by Crippen LogP contribution is 2.19. The maximum absolute atomic E-state index is 5.76. The molecule has 0 aliphatic carbocycles. The van der Waals surface area contributed by atoms with Crippen LogP contribution in [0.25, 0.3) is 0 Å². The van der Waals surface area contributed by atoms with Crippen LogP contribution in [0.4, 0.5) is 0 Å². The summed E-state index contributed by atoms with van der Waals surface area (Å²) < 4.78 is 11.2. The first-order valence-electron chi connectivity index (χ1n) is 7.30. The first-order chi connectivity index (χ1) is 10.3. The molecule has 3 nitrogen and oxygen atoms in total. The van der Waals surface area contributed by atoms with Gasteiger partial charge in [-0.25, -0.2) is 0 Å². The van der Waals surface area contributed by atoms with Crippen LogP contribution >= 0.6 is 0 Å². The van der Waals surface area contributed by atoms with Crippen molar-refractivity contribution >= 4 is 0 Å². The van der Waals surface area contributed by atoms with Gasteiger partial charge in [-0.2, -0.15) is 0 Å². The van der Waals surface area contributed by atoms with Crippen molar-refractivity contribution in [3.63, 3.8) is 0 Å². The lowest BCUT2D eigenvalue weighted by Gasteiger charge is -2.18. The largest absolute Gasteiger partial charge is 0.496 e. The van der Waals surface area contributed by atoms with Crippen molar-refractivity contribution < 1.29 is 9.47 Å². The summed E-state index contributed by atoms with van der Waals surface area (Å²) in [4.78, 5) is 0. The molecule has 21 heavy (non-hydrogen) atoms. The van der Waals surface area contributed by atoms with Crippen molar-refractivity contribution in [2.24, 2.45) is 0 Å². The molecule has 1 unspecified atom stereocenters. The second-order valence-electron chi connectivity index (χ2n) is 4.95. The van der Waals surface area contributed by atoms with Crippen LogP contribution in [-0.4, -0.2) is 26.8 Å². The Kier molecular flexibility index (Phi) is 6.10. The molecule has 0 aromatic heterocycles. The van der Waals surface area contributed by atoms with Gasteiger partial charge in [0.15, 0.2) is 0 Å². The van der Waals surface area contributed by atoms with Gasteiger partial charge in [-0.1, -0.05) is 36.4 Å². The molecule has 2 aromatic rings. The van der Waals surface area contributed by atoms with E-state index in [0.29, 0.717) is 12.6 Å². The van der Waals surface area contributed by atoms with Crippen molar-refractivity contribution in [2.75, 3.05) is 20.8 Å².